The maximum Gasteiger partial charge on any atom is 0.311 e. The molecule has 20 heavy (non-hydrogen) atoms. The van der Waals surface area contributed by atoms with E-state index in [1.807, 2.05) is 0 Å². The highest BCUT2D eigenvalue weighted by Crippen LogP contribution is 2.28. The van der Waals surface area contributed by atoms with Crippen LogP contribution in [0.3, 0.4) is 0 Å². The molecule has 7 heteroatoms. The van der Waals surface area contributed by atoms with Crippen LogP contribution in [0.4, 0.5) is 5.69 Å². The third kappa shape index (κ3) is 4.20. The fraction of sp³-hybridized carbons (Fsp3) is 0.462. The van der Waals surface area contributed by atoms with Crippen LogP contribution in [-0.2, 0) is 11.3 Å². The highest BCUT2D eigenvalue weighted by atomic mass is 16.6. The molecule has 1 fully saturated rings. The average Bonchev–Trinajstić information content (AvgIpc) is 3.20. The van der Waals surface area contributed by atoms with Crippen LogP contribution >= 0.6 is 0 Å². The van der Waals surface area contributed by atoms with E-state index in [1.54, 1.807) is 12.1 Å². The topological polar surface area (TPSA) is 107 Å². The molecule has 0 bridgehead atoms. The number of nitrogens with two attached hydrogens (primary N) is 1. The Morgan fingerprint density at radius 1 is 1.50 bits per heavy atom. The number of nitrogens with one attached hydrogen (secondary N) is 1. The summed E-state index contributed by atoms with van der Waals surface area (Å²) in [7, 11) is 0. The largest absolute Gasteiger partial charge is 0.486 e. The van der Waals surface area contributed by atoms with Gasteiger partial charge in [-0.2, -0.15) is 0 Å². The van der Waals surface area contributed by atoms with Crippen LogP contribution in [0.1, 0.15) is 24.8 Å². The normalized spacial score (nSPS) is 14.0. The van der Waals surface area contributed by atoms with Gasteiger partial charge in [-0.15, -0.1) is 0 Å². The molecule has 0 aliphatic heterocycles. The van der Waals surface area contributed by atoms with Crippen LogP contribution in [0, 0.1) is 10.1 Å². The summed E-state index contributed by atoms with van der Waals surface area (Å²) in [4.78, 5) is 21.2. The SMILES string of the molecule is NC(=O)CCOc1ccc(CNC2CC2)cc1[N+](=O)[O-]. The van der Waals surface area contributed by atoms with Crippen molar-refractivity contribution < 1.29 is 14.5 Å². The molecule has 0 unspecified atom stereocenters. The van der Waals surface area contributed by atoms with Gasteiger partial charge >= 0.3 is 5.69 Å². The number of nitro groups is 1. The number of carbonyl (C=O) groups is 1. The molecular formula is C13H17N3O4. The molecule has 1 saturated carbocycles. The second-order valence-corrected chi connectivity index (χ2v) is 4.78. The van der Waals surface area contributed by atoms with E-state index in [-0.39, 0.29) is 24.5 Å². The molecule has 0 saturated heterocycles. The monoisotopic (exact) mass is 279 g/mol. The first kappa shape index (κ1) is 14.3. The molecule has 1 aliphatic carbocycles. The van der Waals surface area contributed by atoms with Crippen LogP contribution in [0.5, 0.6) is 5.75 Å². The maximum atomic E-state index is 11.0. The lowest BCUT2D eigenvalue weighted by Crippen LogP contribution is -2.16. The minimum Gasteiger partial charge on any atom is -0.486 e. The second-order valence-electron chi connectivity index (χ2n) is 4.78. The Bertz CT molecular complexity index is 514. The Hall–Kier alpha value is -2.15. The predicted molar refractivity (Wildman–Crippen MR) is 72.3 cm³/mol. The van der Waals surface area contributed by atoms with E-state index < -0.39 is 10.8 Å². The molecular weight excluding hydrogens is 262 g/mol. The number of carbonyl (C=O) groups excluding carboxylic acids is 1. The van der Waals surface area contributed by atoms with E-state index in [2.05, 4.69) is 5.32 Å². The first-order chi connectivity index (χ1) is 9.56. The molecule has 0 spiro atoms. The van der Waals surface area contributed by atoms with Gasteiger partial charge in [0, 0.05) is 18.7 Å². The zero-order valence-corrected chi connectivity index (χ0v) is 11.0. The van der Waals surface area contributed by atoms with E-state index >= 15 is 0 Å². The molecule has 2 rings (SSSR count). The van der Waals surface area contributed by atoms with Crippen molar-refractivity contribution in [1.82, 2.24) is 5.32 Å². The van der Waals surface area contributed by atoms with Crippen molar-refractivity contribution in [1.29, 1.82) is 0 Å². The van der Waals surface area contributed by atoms with Crippen LogP contribution in [0.25, 0.3) is 0 Å². The lowest BCUT2D eigenvalue weighted by atomic mass is 10.2. The highest BCUT2D eigenvalue weighted by molar-refractivity contribution is 5.73. The van der Waals surface area contributed by atoms with E-state index in [9.17, 15) is 14.9 Å². The van der Waals surface area contributed by atoms with Crippen molar-refractivity contribution in [2.75, 3.05) is 6.61 Å². The standard InChI is InChI=1S/C13H17N3O4/c14-13(17)5-6-20-12-4-1-9(7-11(12)16(18)19)8-15-10-2-3-10/h1,4,7,10,15H,2-3,5-6,8H2,(H2,14,17). The minimum atomic E-state index is -0.502. The third-order valence-corrected chi connectivity index (χ3v) is 3.00. The fourth-order valence-electron chi connectivity index (χ4n) is 1.75. The Morgan fingerprint density at radius 2 is 2.25 bits per heavy atom. The summed E-state index contributed by atoms with van der Waals surface area (Å²) in [5, 5.41) is 14.3. The van der Waals surface area contributed by atoms with Crippen molar-refractivity contribution in [2.45, 2.75) is 31.8 Å². The zero-order valence-electron chi connectivity index (χ0n) is 11.0. The van der Waals surface area contributed by atoms with Gasteiger partial charge < -0.3 is 15.8 Å². The van der Waals surface area contributed by atoms with Gasteiger partial charge in [-0.25, -0.2) is 0 Å². The number of hydrogen-bond donors (Lipinski definition) is 2. The van der Waals surface area contributed by atoms with Crippen LogP contribution in [-0.4, -0.2) is 23.5 Å². The molecule has 0 heterocycles. The molecule has 0 radical (unpaired) electrons. The molecule has 0 atom stereocenters. The first-order valence-corrected chi connectivity index (χ1v) is 6.48. The predicted octanol–water partition coefficient (Wildman–Crippen LogP) is 1.10. The van der Waals surface area contributed by atoms with Crippen molar-refractivity contribution in [3.8, 4) is 5.75 Å². The summed E-state index contributed by atoms with van der Waals surface area (Å²) in [5.41, 5.74) is 5.74. The molecule has 7 nitrogen and oxygen atoms in total. The minimum absolute atomic E-state index is 0.0299. The van der Waals surface area contributed by atoms with Gasteiger partial charge in [-0.3, -0.25) is 14.9 Å². The smallest absolute Gasteiger partial charge is 0.311 e. The van der Waals surface area contributed by atoms with E-state index in [0.717, 1.165) is 18.4 Å². The average molecular weight is 279 g/mol. The van der Waals surface area contributed by atoms with Gasteiger partial charge in [0.05, 0.1) is 18.0 Å². The number of ether oxygens (including phenoxy) is 1. The maximum absolute atomic E-state index is 11.0. The summed E-state index contributed by atoms with van der Waals surface area (Å²) < 4.78 is 5.24. The number of rotatable bonds is 8. The molecule has 1 aromatic carbocycles. The van der Waals surface area contributed by atoms with Gasteiger partial charge in [-0.05, 0) is 24.5 Å². The number of primary amides is 1. The Balaban J connectivity index is 2.01. The Kier molecular flexibility index (Phi) is 4.52. The van der Waals surface area contributed by atoms with Crippen molar-refractivity contribution >= 4 is 11.6 Å². The summed E-state index contributed by atoms with van der Waals surface area (Å²) in [6.07, 6.45) is 2.36. The summed E-state index contributed by atoms with van der Waals surface area (Å²) >= 11 is 0. The number of nitro benzene ring substituents is 1. The number of nitrogens with zero attached hydrogens (tertiary/aromatic N) is 1. The summed E-state index contributed by atoms with van der Waals surface area (Å²) in [5.74, 6) is -0.343. The molecule has 1 aliphatic rings. The van der Waals surface area contributed by atoms with Gasteiger partial charge in [0.1, 0.15) is 0 Å². The molecule has 1 aromatic rings. The molecule has 108 valence electrons. The lowest BCUT2D eigenvalue weighted by molar-refractivity contribution is -0.385. The highest BCUT2D eigenvalue weighted by Gasteiger charge is 2.21. The van der Waals surface area contributed by atoms with Crippen molar-refractivity contribution in [2.24, 2.45) is 5.73 Å². The third-order valence-electron chi connectivity index (χ3n) is 3.00. The molecule has 3 N–H and O–H groups in total. The van der Waals surface area contributed by atoms with Gasteiger partial charge in [-0.1, -0.05) is 6.07 Å². The lowest BCUT2D eigenvalue weighted by Gasteiger charge is -2.08. The number of hydrogen-bond acceptors (Lipinski definition) is 5. The van der Waals surface area contributed by atoms with E-state index in [0.29, 0.717) is 12.6 Å². The van der Waals surface area contributed by atoms with Crippen molar-refractivity contribution in [3.05, 3.63) is 33.9 Å². The Morgan fingerprint density at radius 3 is 2.85 bits per heavy atom. The number of benzene rings is 1. The van der Waals surface area contributed by atoms with Crippen molar-refractivity contribution in [3.63, 3.8) is 0 Å². The van der Waals surface area contributed by atoms with E-state index in [1.165, 1.54) is 6.07 Å². The molecule has 0 aromatic heterocycles. The number of amides is 1. The van der Waals surface area contributed by atoms with Crippen LogP contribution < -0.4 is 15.8 Å². The van der Waals surface area contributed by atoms with Gasteiger partial charge in [0.15, 0.2) is 5.75 Å². The van der Waals surface area contributed by atoms with Crippen LogP contribution in [0.2, 0.25) is 0 Å². The van der Waals surface area contributed by atoms with Gasteiger partial charge in [0.25, 0.3) is 0 Å². The summed E-state index contributed by atoms with van der Waals surface area (Å²) in [6.45, 7) is 0.642. The quantitative estimate of drug-likeness (QED) is 0.547. The Labute approximate surface area is 116 Å². The zero-order chi connectivity index (χ0) is 14.5. The van der Waals surface area contributed by atoms with E-state index in [4.69, 9.17) is 10.5 Å². The van der Waals surface area contributed by atoms with Gasteiger partial charge in [0.2, 0.25) is 5.91 Å². The summed E-state index contributed by atoms with van der Waals surface area (Å²) in [6, 6.07) is 5.38. The van der Waals surface area contributed by atoms with Crippen LogP contribution in [0.15, 0.2) is 18.2 Å². The second kappa shape index (κ2) is 6.33. The molecule has 1 amide bonds. The first-order valence-electron chi connectivity index (χ1n) is 6.48. The fourth-order valence-corrected chi connectivity index (χ4v) is 1.75.